The highest BCUT2D eigenvalue weighted by atomic mass is 35.5. The van der Waals surface area contributed by atoms with E-state index in [4.69, 9.17) is 0 Å². The third kappa shape index (κ3) is 5.08. The second kappa shape index (κ2) is 9.08. The van der Waals surface area contributed by atoms with Crippen molar-refractivity contribution in [3.05, 3.63) is 23.9 Å². The van der Waals surface area contributed by atoms with Crippen LogP contribution in [0.1, 0.15) is 37.7 Å². The van der Waals surface area contributed by atoms with Crippen molar-refractivity contribution in [1.29, 1.82) is 0 Å². The van der Waals surface area contributed by atoms with Crippen molar-refractivity contribution in [3.8, 4) is 0 Å². The summed E-state index contributed by atoms with van der Waals surface area (Å²) in [5, 5.41) is 6.38. The molecule has 0 aliphatic carbocycles. The molecular weight excluding hydrogens is 312 g/mol. The van der Waals surface area contributed by atoms with Crippen LogP contribution >= 0.6 is 12.4 Å². The molecule has 2 aliphatic rings. The number of piperidine rings is 2. The molecule has 2 saturated heterocycles. The quantitative estimate of drug-likeness (QED) is 0.883. The number of nitrogens with zero attached hydrogens (tertiary/aromatic N) is 2. The lowest BCUT2D eigenvalue weighted by Crippen LogP contribution is -2.37. The molecule has 6 heteroatoms. The number of rotatable bonds is 4. The summed E-state index contributed by atoms with van der Waals surface area (Å²) >= 11 is 0. The Morgan fingerprint density at radius 3 is 2.74 bits per heavy atom. The Labute approximate surface area is 144 Å². The van der Waals surface area contributed by atoms with Gasteiger partial charge in [0.15, 0.2) is 0 Å². The zero-order chi connectivity index (χ0) is 15.2. The molecule has 2 N–H and O–H groups in total. The predicted octanol–water partition coefficient (Wildman–Crippen LogP) is 2.11. The van der Waals surface area contributed by atoms with Gasteiger partial charge in [-0.2, -0.15) is 0 Å². The summed E-state index contributed by atoms with van der Waals surface area (Å²) in [6.07, 6.45) is 7.57. The number of hydrogen-bond donors (Lipinski definition) is 2. The van der Waals surface area contributed by atoms with Gasteiger partial charge in [-0.25, -0.2) is 4.98 Å². The Balaban J connectivity index is 0.00000192. The Morgan fingerprint density at radius 1 is 1.26 bits per heavy atom. The number of carbonyl (C=O) groups is 1. The van der Waals surface area contributed by atoms with Crippen LogP contribution in [0.5, 0.6) is 0 Å². The van der Waals surface area contributed by atoms with Gasteiger partial charge >= 0.3 is 0 Å². The van der Waals surface area contributed by atoms with Crippen LogP contribution in [0, 0.1) is 5.92 Å². The van der Waals surface area contributed by atoms with Crippen molar-refractivity contribution < 1.29 is 4.79 Å². The van der Waals surface area contributed by atoms with Crippen molar-refractivity contribution in [3.63, 3.8) is 0 Å². The maximum atomic E-state index is 12.2. The Morgan fingerprint density at radius 2 is 2.00 bits per heavy atom. The number of anilines is 1. The summed E-state index contributed by atoms with van der Waals surface area (Å²) in [6.45, 7) is 4.70. The second-order valence-corrected chi connectivity index (χ2v) is 6.31. The number of nitrogens with one attached hydrogen (secondary N) is 2. The largest absolute Gasteiger partial charge is 0.357 e. The third-order valence-electron chi connectivity index (χ3n) is 4.67. The maximum absolute atomic E-state index is 12.2. The molecule has 0 unspecified atom stereocenters. The minimum atomic E-state index is 0. The average molecular weight is 339 g/mol. The Bertz CT molecular complexity index is 499. The summed E-state index contributed by atoms with van der Waals surface area (Å²) in [5.74, 6) is 1.41. The topological polar surface area (TPSA) is 57.3 Å². The summed E-state index contributed by atoms with van der Waals surface area (Å²) in [5.41, 5.74) is 1.14. The van der Waals surface area contributed by atoms with Crippen molar-refractivity contribution in [1.82, 2.24) is 15.6 Å². The molecule has 1 aromatic rings. The van der Waals surface area contributed by atoms with E-state index in [9.17, 15) is 4.79 Å². The smallest absolute Gasteiger partial charge is 0.223 e. The first-order chi connectivity index (χ1) is 10.8. The number of hydrogen-bond acceptors (Lipinski definition) is 4. The van der Waals surface area contributed by atoms with Gasteiger partial charge in [-0.05, 0) is 62.9 Å². The summed E-state index contributed by atoms with van der Waals surface area (Å²) in [6, 6.07) is 4.12. The van der Waals surface area contributed by atoms with Crippen LogP contribution in [-0.4, -0.2) is 37.1 Å². The van der Waals surface area contributed by atoms with Crippen LogP contribution in [0.3, 0.4) is 0 Å². The Kier molecular flexibility index (Phi) is 7.12. The van der Waals surface area contributed by atoms with E-state index in [0.29, 0.717) is 6.54 Å². The molecule has 128 valence electrons. The van der Waals surface area contributed by atoms with E-state index in [1.807, 2.05) is 12.3 Å². The number of aromatic nitrogens is 1. The van der Waals surface area contributed by atoms with Gasteiger partial charge in [-0.3, -0.25) is 4.79 Å². The summed E-state index contributed by atoms with van der Waals surface area (Å²) in [4.78, 5) is 19.0. The number of amides is 1. The predicted molar refractivity (Wildman–Crippen MR) is 95.0 cm³/mol. The molecule has 0 radical (unpaired) electrons. The van der Waals surface area contributed by atoms with Gasteiger partial charge < -0.3 is 15.5 Å². The van der Waals surface area contributed by atoms with Crippen LogP contribution in [0.25, 0.3) is 0 Å². The van der Waals surface area contributed by atoms with Crippen LogP contribution in [0.2, 0.25) is 0 Å². The van der Waals surface area contributed by atoms with E-state index in [1.54, 1.807) is 0 Å². The molecule has 0 aromatic carbocycles. The highest BCUT2D eigenvalue weighted by Gasteiger charge is 2.20. The highest BCUT2D eigenvalue weighted by molar-refractivity contribution is 5.85. The lowest BCUT2D eigenvalue weighted by molar-refractivity contribution is -0.125. The molecule has 23 heavy (non-hydrogen) atoms. The van der Waals surface area contributed by atoms with Crippen molar-refractivity contribution in [2.75, 3.05) is 31.1 Å². The molecule has 0 atom stereocenters. The van der Waals surface area contributed by atoms with Crippen molar-refractivity contribution >= 4 is 24.1 Å². The minimum Gasteiger partial charge on any atom is -0.357 e. The number of pyridine rings is 1. The molecule has 2 fully saturated rings. The van der Waals surface area contributed by atoms with Gasteiger partial charge in [0.1, 0.15) is 5.82 Å². The molecule has 5 nitrogen and oxygen atoms in total. The fraction of sp³-hybridized carbons (Fsp3) is 0.647. The normalized spacial score (nSPS) is 19.0. The fourth-order valence-corrected chi connectivity index (χ4v) is 3.28. The van der Waals surface area contributed by atoms with Gasteiger partial charge in [0.05, 0.1) is 0 Å². The van der Waals surface area contributed by atoms with E-state index in [-0.39, 0.29) is 24.2 Å². The lowest BCUT2D eigenvalue weighted by Gasteiger charge is -2.28. The van der Waals surface area contributed by atoms with Gasteiger partial charge in [-0.15, -0.1) is 12.4 Å². The second-order valence-electron chi connectivity index (χ2n) is 6.31. The molecule has 1 aromatic heterocycles. The van der Waals surface area contributed by atoms with Crippen LogP contribution in [0.4, 0.5) is 5.82 Å². The summed E-state index contributed by atoms with van der Waals surface area (Å²) in [7, 11) is 0. The van der Waals surface area contributed by atoms with Crippen molar-refractivity contribution in [2.45, 2.75) is 38.6 Å². The molecule has 3 rings (SSSR count). The first kappa shape index (κ1) is 18.0. The minimum absolute atomic E-state index is 0. The first-order valence-corrected chi connectivity index (χ1v) is 8.51. The number of halogens is 1. The maximum Gasteiger partial charge on any atom is 0.223 e. The third-order valence-corrected chi connectivity index (χ3v) is 4.67. The zero-order valence-electron chi connectivity index (χ0n) is 13.6. The molecule has 2 aliphatic heterocycles. The van der Waals surface area contributed by atoms with Crippen LogP contribution < -0.4 is 15.5 Å². The van der Waals surface area contributed by atoms with Gasteiger partial charge in [-0.1, -0.05) is 0 Å². The Hall–Kier alpha value is -1.33. The van der Waals surface area contributed by atoms with Gasteiger partial charge in [0, 0.05) is 31.7 Å². The first-order valence-electron chi connectivity index (χ1n) is 8.51. The fourth-order valence-electron chi connectivity index (χ4n) is 3.28. The molecular formula is C17H27ClN4O. The van der Waals surface area contributed by atoms with E-state index < -0.39 is 0 Å². The highest BCUT2D eigenvalue weighted by Crippen LogP contribution is 2.18. The molecule has 3 heterocycles. The lowest BCUT2D eigenvalue weighted by atomic mass is 9.97. The molecule has 1 amide bonds. The van der Waals surface area contributed by atoms with Crippen molar-refractivity contribution in [2.24, 2.45) is 5.92 Å². The van der Waals surface area contributed by atoms with Crippen LogP contribution in [0.15, 0.2) is 18.3 Å². The average Bonchev–Trinajstić information content (AvgIpc) is 2.61. The number of carbonyl (C=O) groups excluding carboxylic acids is 1. The summed E-state index contributed by atoms with van der Waals surface area (Å²) < 4.78 is 0. The van der Waals surface area contributed by atoms with Gasteiger partial charge in [0.25, 0.3) is 0 Å². The van der Waals surface area contributed by atoms with E-state index >= 15 is 0 Å². The molecule has 0 spiro atoms. The van der Waals surface area contributed by atoms with Gasteiger partial charge in [0.2, 0.25) is 5.91 Å². The molecule has 0 bridgehead atoms. The van der Waals surface area contributed by atoms with E-state index in [0.717, 1.165) is 50.4 Å². The SMILES string of the molecule is Cl.O=C(NCc1ccnc(N2CCCCC2)c1)C1CCNCC1. The van der Waals surface area contributed by atoms with E-state index in [1.165, 1.54) is 19.3 Å². The standard InChI is InChI=1S/C17H26N4O.ClH/c22-17(15-5-7-18-8-6-15)20-13-14-4-9-19-16(12-14)21-10-2-1-3-11-21;/h4,9,12,15,18H,1-3,5-8,10-11,13H2,(H,20,22);1H. The van der Waals surface area contributed by atoms with Crippen LogP contribution in [-0.2, 0) is 11.3 Å². The van der Waals surface area contributed by atoms with E-state index in [2.05, 4.69) is 26.6 Å². The monoisotopic (exact) mass is 338 g/mol. The molecule has 0 saturated carbocycles. The zero-order valence-corrected chi connectivity index (χ0v) is 14.4.